The van der Waals surface area contributed by atoms with Crippen molar-refractivity contribution in [2.24, 2.45) is 5.73 Å². The van der Waals surface area contributed by atoms with E-state index in [0.29, 0.717) is 17.8 Å². The molecule has 0 aromatic carbocycles. The molecule has 1 heterocycles. The van der Waals surface area contributed by atoms with Crippen molar-refractivity contribution in [3.63, 3.8) is 0 Å². The van der Waals surface area contributed by atoms with E-state index in [1.807, 2.05) is 6.07 Å². The van der Waals surface area contributed by atoms with Crippen LogP contribution in [-0.2, 0) is 10.2 Å². The van der Waals surface area contributed by atoms with Gasteiger partial charge in [-0.25, -0.2) is 9.59 Å². The van der Waals surface area contributed by atoms with E-state index >= 15 is 0 Å². The molecule has 0 atom stereocenters. The Kier molecular flexibility index (Phi) is 5.35. The molecule has 0 radical (unpaired) electrons. The summed E-state index contributed by atoms with van der Waals surface area (Å²) in [6, 6.07) is 3.17. The summed E-state index contributed by atoms with van der Waals surface area (Å²) < 4.78 is 5.12. The molecule has 0 aliphatic rings. The second-order valence-electron chi connectivity index (χ2n) is 5.19. The van der Waals surface area contributed by atoms with Crippen molar-refractivity contribution in [2.75, 3.05) is 13.2 Å². The number of thiophene rings is 1. The van der Waals surface area contributed by atoms with Gasteiger partial charge in [-0.2, -0.15) is 0 Å². The summed E-state index contributed by atoms with van der Waals surface area (Å²) in [6.07, 6.45) is 0.548. The number of ether oxygens (including phenoxy) is 1. The topological polar surface area (TPSA) is 81.4 Å². The van der Waals surface area contributed by atoms with E-state index in [4.69, 9.17) is 10.5 Å². The highest BCUT2D eigenvalue weighted by molar-refractivity contribution is 7.14. The average Bonchev–Trinajstić information content (AvgIpc) is 2.76. The summed E-state index contributed by atoms with van der Waals surface area (Å²) in [5.41, 5.74) is 4.95. The molecule has 3 N–H and O–H groups in total. The van der Waals surface area contributed by atoms with Gasteiger partial charge >= 0.3 is 12.0 Å². The number of carbonyl (C=O) groups is 2. The first kappa shape index (κ1) is 15.5. The lowest BCUT2D eigenvalue weighted by Crippen LogP contribution is -2.30. The van der Waals surface area contributed by atoms with Crippen LogP contribution in [0.25, 0.3) is 0 Å². The first-order chi connectivity index (χ1) is 8.80. The average molecular weight is 284 g/mol. The lowest BCUT2D eigenvalue weighted by Gasteiger charge is -2.15. The van der Waals surface area contributed by atoms with E-state index in [0.717, 1.165) is 4.88 Å². The van der Waals surface area contributed by atoms with Crippen LogP contribution >= 0.6 is 11.3 Å². The smallest absolute Gasteiger partial charge is 0.348 e. The van der Waals surface area contributed by atoms with Crippen LogP contribution in [0.2, 0.25) is 0 Å². The molecule has 0 saturated heterocycles. The maximum absolute atomic E-state index is 11.8. The molecule has 106 valence electrons. The van der Waals surface area contributed by atoms with Gasteiger partial charge in [0, 0.05) is 11.4 Å². The molecule has 1 aromatic rings. The van der Waals surface area contributed by atoms with Crippen molar-refractivity contribution >= 4 is 23.3 Å². The number of amides is 2. The summed E-state index contributed by atoms with van der Waals surface area (Å²) in [4.78, 5) is 23.9. The predicted octanol–water partition coefficient (Wildman–Crippen LogP) is 2.26. The molecule has 0 aliphatic heterocycles. The molecule has 0 fully saturated rings. The van der Waals surface area contributed by atoms with Crippen molar-refractivity contribution in [1.29, 1.82) is 0 Å². The first-order valence-corrected chi connectivity index (χ1v) is 6.93. The Balaban J connectivity index is 2.38. The molecule has 0 spiro atoms. The van der Waals surface area contributed by atoms with E-state index in [1.54, 1.807) is 6.07 Å². The van der Waals surface area contributed by atoms with Crippen LogP contribution in [0.3, 0.4) is 0 Å². The maximum Gasteiger partial charge on any atom is 0.348 e. The normalized spacial score (nSPS) is 11.1. The minimum absolute atomic E-state index is 0.0363. The van der Waals surface area contributed by atoms with Crippen molar-refractivity contribution in [3.05, 3.63) is 21.9 Å². The van der Waals surface area contributed by atoms with Gasteiger partial charge in [-0.15, -0.1) is 11.3 Å². The lowest BCUT2D eigenvalue weighted by molar-refractivity contribution is 0.0507. The van der Waals surface area contributed by atoms with Gasteiger partial charge in [0.05, 0.1) is 6.61 Å². The summed E-state index contributed by atoms with van der Waals surface area (Å²) >= 11 is 1.45. The fraction of sp³-hybridized carbons (Fsp3) is 0.538. The monoisotopic (exact) mass is 284 g/mol. The number of carbonyl (C=O) groups excluding carboxylic acids is 2. The number of esters is 1. The van der Waals surface area contributed by atoms with Crippen LogP contribution in [-0.4, -0.2) is 25.2 Å². The molecule has 5 nitrogen and oxygen atoms in total. The Bertz CT molecular complexity index is 449. The fourth-order valence-corrected chi connectivity index (χ4v) is 2.33. The molecule has 0 aliphatic carbocycles. The minimum atomic E-state index is -0.570. The predicted molar refractivity (Wildman–Crippen MR) is 75.5 cm³/mol. The lowest BCUT2D eigenvalue weighted by atomic mass is 9.95. The SMILES string of the molecule is CC(C)(C)c1ccc(C(=O)OCCCNC(N)=O)s1. The van der Waals surface area contributed by atoms with Crippen LogP contribution in [0.15, 0.2) is 12.1 Å². The molecule has 6 heteroatoms. The summed E-state index contributed by atoms with van der Waals surface area (Å²) in [7, 11) is 0. The molecule has 19 heavy (non-hydrogen) atoms. The molecule has 0 saturated carbocycles. The van der Waals surface area contributed by atoms with Crippen molar-refractivity contribution in [1.82, 2.24) is 5.32 Å². The van der Waals surface area contributed by atoms with Gasteiger partial charge in [0.25, 0.3) is 0 Å². The Morgan fingerprint density at radius 1 is 1.37 bits per heavy atom. The standard InChI is InChI=1S/C13H20N2O3S/c1-13(2,3)10-6-5-9(19-10)11(16)18-8-4-7-15-12(14)17/h5-6H,4,7-8H2,1-3H3,(H3,14,15,17). The third kappa shape index (κ3) is 5.30. The number of urea groups is 1. The Hall–Kier alpha value is -1.56. The minimum Gasteiger partial charge on any atom is -0.461 e. The van der Waals surface area contributed by atoms with E-state index in [2.05, 4.69) is 26.1 Å². The van der Waals surface area contributed by atoms with Crippen LogP contribution in [0.4, 0.5) is 4.79 Å². The van der Waals surface area contributed by atoms with E-state index < -0.39 is 6.03 Å². The molecule has 0 bridgehead atoms. The molecular weight excluding hydrogens is 264 g/mol. The molecule has 2 amide bonds. The summed E-state index contributed by atoms with van der Waals surface area (Å²) in [5, 5.41) is 2.43. The molecular formula is C13H20N2O3S. The van der Waals surface area contributed by atoms with Gasteiger partial charge in [-0.05, 0) is 24.0 Å². The van der Waals surface area contributed by atoms with Crippen LogP contribution in [0.1, 0.15) is 41.7 Å². The summed E-state index contributed by atoms with van der Waals surface area (Å²) in [6.45, 7) is 6.97. The van der Waals surface area contributed by atoms with Gasteiger partial charge in [0.2, 0.25) is 0 Å². The van der Waals surface area contributed by atoms with E-state index in [-0.39, 0.29) is 18.0 Å². The van der Waals surface area contributed by atoms with Gasteiger partial charge in [-0.3, -0.25) is 0 Å². The number of nitrogens with two attached hydrogens (primary N) is 1. The molecule has 0 unspecified atom stereocenters. The number of hydrogen-bond acceptors (Lipinski definition) is 4. The van der Waals surface area contributed by atoms with Crippen molar-refractivity contribution in [2.45, 2.75) is 32.6 Å². The van der Waals surface area contributed by atoms with Crippen LogP contribution in [0, 0.1) is 0 Å². The zero-order chi connectivity index (χ0) is 14.5. The van der Waals surface area contributed by atoms with Gasteiger partial charge in [0.1, 0.15) is 4.88 Å². The van der Waals surface area contributed by atoms with E-state index in [1.165, 1.54) is 11.3 Å². The zero-order valence-corrected chi connectivity index (χ0v) is 12.3. The third-order valence-corrected chi connectivity index (χ3v) is 3.89. The Labute approximate surface area is 117 Å². The second kappa shape index (κ2) is 6.56. The molecule has 1 rings (SSSR count). The highest BCUT2D eigenvalue weighted by Crippen LogP contribution is 2.29. The third-order valence-electron chi connectivity index (χ3n) is 2.40. The second-order valence-corrected chi connectivity index (χ2v) is 6.28. The van der Waals surface area contributed by atoms with Crippen LogP contribution < -0.4 is 11.1 Å². The van der Waals surface area contributed by atoms with Gasteiger partial charge in [0.15, 0.2) is 0 Å². The van der Waals surface area contributed by atoms with Gasteiger partial charge in [-0.1, -0.05) is 20.8 Å². The number of primary amides is 1. The molecule has 1 aromatic heterocycles. The quantitative estimate of drug-likeness (QED) is 0.643. The maximum atomic E-state index is 11.8. The largest absolute Gasteiger partial charge is 0.461 e. The number of hydrogen-bond donors (Lipinski definition) is 2. The number of rotatable bonds is 5. The van der Waals surface area contributed by atoms with E-state index in [9.17, 15) is 9.59 Å². The zero-order valence-electron chi connectivity index (χ0n) is 11.5. The Morgan fingerprint density at radius 2 is 2.05 bits per heavy atom. The van der Waals surface area contributed by atoms with Gasteiger partial charge < -0.3 is 15.8 Å². The highest BCUT2D eigenvalue weighted by atomic mass is 32.1. The van der Waals surface area contributed by atoms with Crippen molar-refractivity contribution < 1.29 is 14.3 Å². The fourth-order valence-electron chi connectivity index (χ4n) is 1.37. The summed E-state index contributed by atoms with van der Waals surface area (Å²) in [5.74, 6) is -0.320. The highest BCUT2D eigenvalue weighted by Gasteiger charge is 2.18. The van der Waals surface area contributed by atoms with Crippen LogP contribution in [0.5, 0.6) is 0 Å². The number of nitrogens with one attached hydrogen (secondary N) is 1. The van der Waals surface area contributed by atoms with Crippen molar-refractivity contribution in [3.8, 4) is 0 Å². The first-order valence-electron chi connectivity index (χ1n) is 6.11. The Morgan fingerprint density at radius 3 is 2.58 bits per heavy atom.